The van der Waals surface area contributed by atoms with E-state index in [0.29, 0.717) is 28.1 Å². The maximum absolute atomic E-state index is 12.0. The van der Waals surface area contributed by atoms with E-state index in [-0.39, 0.29) is 11.9 Å². The zero-order valence-electron chi connectivity index (χ0n) is 10.3. The van der Waals surface area contributed by atoms with Crippen molar-refractivity contribution in [3.8, 4) is 0 Å². The molecule has 6 heteroatoms. The van der Waals surface area contributed by atoms with Gasteiger partial charge in [0, 0.05) is 6.04 Å². The van der Waals surface area contributed by atoms with Crippen LogP contribution >= 0.6 is 11.6 Å². The van der Waals surface area contributed by atoms with Gasteiger partial charge in [-0.3, -0.25) is 9.78 Å². The molecule has 96 valence electrons. The Labute approximate surface area is 110 Å². The van der Waals surface area contributed by atoms with Gasteiger partial charge in [0.2, 0.25) is 5.91 Å². The molecule has 1 aliphatic heterocycles. The lowest BCUT2D eigenvalue weighted by Gasteiger charge is -2.14. The zero-order valence-corrected chi connectivity index (χ0v) is 11.1. The number of nitrogens with one attached hydrogen (secondary N) is 2. The van der Waals surface area contributed by atoms with Crippen molar-refractivity contribution < 1.29 is 4.79 Å². The number of carbonyl (C=O) groups is 1. The molecule has 1 aromatic rings. The minimum Gasteiger partial charge on any atom is -0.308 e. The third-order valence-corrected chi connectivity index (χ3v) is 4.25. The number of amides is 1. The number of aromatic nitrogens is 2. The number of rotatable bonds is 2. The molecule has 3 atom stereocenters. The largest absolute Gasteiger partial charge is 0.308 e. The lowest BCUT2D eigenvalue weighted by molar-refractivity contribution is -0.118. The number of aryl methyl sites for hydroxylation is 1. The van der Waals surface area contributed by atoms with Crippen LogP contribution in [0.1, 0.15) is 25.5 Å². The van der Waals surface area contributed by atoms with Crippen molar-refractivity contribution in [3.05, 3.63) is 17.0 Å². The Balaban J connectivity index is 1.66. The summed E-state index contributed by atoms with van der Waals surface area (Å²) in [4.78, 5) is 20.2. The summed E-state index contributed by atoms with van der Waals surface area (Å²) in [6.45, 7) is 3.98. The van der Waals surface area contributed by atoms with Crippen LogP contribution in [0, 0.1) is 12.3 Å². The molecule has 18 heavy (non-hydrogen) atoms. The fourth-order valence-electron chi connectivity index (χ4n) is 2.53. The summed E-state index contributed by atoms with van der Waals surface area (Å²) in [5.74, 6) is 0.348. The van der Waals surface area contributed by atoms with E-state index >= 15 is 0 Å². The van der Waals surface area contributed by atoms with E-state index in [1.165, 1.54) is 12.6 Å². The molecule has 0 radical (unpaired) electrons. The average molecular weight is 267 g/mol. The average Bonchev–Trinajstić information content (AvgIpc) is 2.82. The third kappa shape index (κ3) is 1.97. The summed E-state index contributed by atoms with van der Waals surface area (Å²) in [5, 5.41) is 6.39. The zero-order chi connectivity index (χ0) is 12.9. The van der Waals surface area contributed by atoms with E-state index in [9.17, 15) is 4.79 Å². The topological polar surface area (TPSA) is 66.9 Å². The van der Waals surface area contributed by atoms with Crippen molar-refractivity contribution >= 4 is 23.3 Å². The first-order chi connectivity index (χ1) is 8.48. The standard InChI is InChI=1S/C12H15ClN4O/c1-6-10(13)16-9(5-14-6)17-11(18)7-3-12(2)4-8(12)15-7/h5,7-8,15H,3-4H2,1-2H3,(H,16,17,18)/t7-,8+,12-/m0/s1. The molecule has 1 saturated heterocycles. The quantitative estimate of drug-likeness (QED) is 0.852. The highest BCUT2D eigenvalue weighted by atomic mass is 35.5. The highest BCUT2D eigenvalue weighted by Gasteiger charge is 2.58. The molecule has 2 fully saturated rings. The SMILES string of the molecule is Cc1ncc(NC(=O)[C@@H]2C[C@@]3(C)C[C@H]3N2)nc1Cl. The molecule has 5 nitrogen and oxygen atoms in total. The van der Waals surface area contributed by atoms with E-state index in [2.05, 4.69) is 27.5 Å². The van der Waals surface area contributed by atoms with Gasteiger partial charge in [0.1, 0.15) is 0 Å². The maximum atomic E-state index is 12.0. The normalized spacial score (nSPS) is 33.1. The molecule has 2 N–H and O–H groups in total. The van der Waals surface area contributed by atoms with Crippen LogP contribution in [-0.4, -0.2) is 28.0 Å². The molecule has 2 heterocycles. The first kappa shape index (κ1) is 11.9. The lowest BCUT2D eigenvalue weighted by Crippen LogP contribution is -2.38. The van der Waals surface area contributed by atoms with Crippen molar-refractivity contribution in [3.63, 3.8) is 0 Å². The summed E-state index contributed by atoms with van der Waals surface area (Å²) >= 11 is 5.87. The lowest BCUT2D eigenvalue weighted by atomic mass is 10.0. The molecule has 1 saturated carbocycles. The van der Waals surface area contributed by atoms with Gasteiger partial charge < -0.3 is 10.6 Å². The van der Waals surface area contributed by atoms with Crippen LogP contribution in [0.3, 0.4) is 0 Å². The van der Waals surface area contributed by atoms with Gasteiger partial charge >= 0.3 is 0 Å². The van der Waals surface area contributed by atoms with Crippen LogP contribution in [0.4, 0.5) is 5.82 Å². The second-order valence-electron chi connectivity index (χ2n) is 5.45. The molecule has 2 aliphatic rings. The van der Waals surface area contributed by atoms with Crippen LogP contribution < -0.4 is 10.6 Å². The highest BCUT2D eigenvalue weighted by molar-refractivity contribution is 6.30. The number of carbonyl (C=O) groups excluding carboxylic acids is 1. The van der Waals surface area contributed by atoms with Crippen LogP contribution in [-0.2, 0) is 4.79 Å². The first-order valence-electron chi connectivity index (χ1n) is 6.04. The highest BCUT2D eigenvalue weighted by Crippen LogP contribution is 2.53. The Hall–Kier alpha value is -1.20. The molecule has 1 aromatic heterocycles. The van der Waals surface area contributed by atoms with Crippen molar-refractivity contribution in [2.75, 3.05) is 5.32 Å². The fraction of sp³-hybridized carbons (Fsp3) is 0.583. The second-order valence-corrected chi connectivity index (χ2v) is 5.81. The molecule has 0 spiro atoms. The number of fused-ring (bicyclic) bond motifs is 1. The van der Waals surface area contributed by atoms with E-state index in [1.54, 1.807) is 6.92 Å². The van der Waals surface area contributed by atoms with Crippen molar-refractivity contribution in [1.82, 2.24) is 15.3 Å². The molecule has 0 unspecified atom stereocenters. The van der Waals surface area contributed by atoms with Gasteiger partial charge in [-0.05, 0) is 25.2 Å². The van der Waals surface area contributed by atoms with Crippen molar-refractivity contribution in [1.29, 1.82) is 0 Å². The number of piperidine rings is 1. The van der Waals surface area contributed by atoms with E-state index < -0.39 is 0 Å². The maximum Gasteiger partial charge on any atom is 0.242 e. The molecule has 0 aromatic carbocycles. The third-order valence-electron chi connectivity index (χ3n) is 3.89. The van der Waals surface area contributed by atoms with Gasteiger partial charge in [0.05, 0.1) is 17.9 Å². The van der Waals surface area contributed by atoms with Crippen molar-refractivity contribution in [2.45, 2.75) is 38.8 Å². The Bertz CT molecular complexity index is 521. The number of nitrogens with zero attached hydrogens (tertiary/aromatic N) is 2. The fourth-order valence-corrected chi connectivity index (χ4v) is 2.67. The van der Waals surface area contributed by atoms with Gasteiger partial charge in [0.15, 0.2) is 11.0 Å². The van der Waals surface area contributed by atoms with Crippen LogP contribution in [0.5, 0.6) is 0 Å². The number of halogens is 1. The van der Waals surface area contributed by atoms with Crippen molar-refractivity contribution in [2.24, 2.45) is 5.41 Å². The van der Waals surface area contributed by atoms with E-state index in [0.717, 1.165) is 6.42 Å². The number of hydrogen-bond donors (Lipinski definition) is 2. The summed E-state index contributed by atoms with van der Waals surface area (Å²) < 4.78 is 0. The van der Waals surface area contributed by atoms with Gasteiger partial charge in [-0.1, -0.05) is 18.5 Å². The summed E-state index contributed by atoms with van der Waals surface area (Å²) in [7, 11) is 0. The summed E-state index contributed by atoms with van der Waals surface area (Å²) in [6, 6.07) is 0.372. The van der Waals surface area contributed by atoms with E-state index in [4.69, 9.17) is 11.6 Å². The van der Waals surface area contributed by atoms with Gasteiger partial charge in [-0.2, -0.15) is 0 Å². The summed E-state index contributed by atoms with van der Waals surface area (Å²) in [6.07, 6.45) is 3.58. The second kappa shape index (κ2) is 3.90. The Morgan fingerprint density at radius 2 is 2.39 bits per heavy atom. The van der Waals surface area contributed by atoms with Gasteiger partial charge in [-0.25, -0.2) is 4.98 Å². The Morgan fingerprint density at radius 1 is 1.61 bits per heavy atom. The molecular formula is C12H15ClN4O. The Morgan fingerprint density at radius 3 is 3.00 bits per heavy atom. The Kier molecular flexibility index (Phi) is 2.57. The molecule has 1 amide bonds. The minimum atomic E-state index is -0.129. The minimum absolute atomic E-state index is 0.0577. The van der Waals surface area contributed by atoms with Crippen LogP contribution in [0.25, 0.3) is 0 Å². The van der Waals surface area contributed by atoms with Crippen LogP contribution in [0.2, 0.25) is 5.15 Å². The number of anilines is 1. The van der Waals surface area contributed by atoms with Crippen LogP contribution in [0.15, 0.2) is 6.20 Å². The van der Waals surface area contributed by atoms with Gasteiger partial charge in [-0.15, -0.1) is 0 Å². The van der Waals surface area contributed by atoms with E-state index in [1.807, 2.05) is 0 Å². The first-order valence-corrected chi connectivity index (χ1v) is 6.42. The monoisotopic (exact) mass is 266 g/mol. The number of hydrogen-bond acceptors (Lipinski definition) is 4. The molecule has 1 aliphatic carbocycles. The smallest absolute Gasteiger partial charge is 0.242 e. The molecule has 3 rings (SSSR count). The molecule has 0 bridgehead atoms. The predicted octanol–water partition coefficient (Wildman–Crippen LogP) is 1.52. The van der Waals surface area contributed by atoms with Gasteiger partial charge in [0.25, 0.3) is 0 Å². The predicted molar refractivity (Wildman–Crippen MR) is 68.5 cm³/mol. The summed E-state index contributed by atoms with van der Waals surface area (Å²) in [5.41, 5.74) is 0.973. The molecular weight excluding hydrogens is 252 g/mol.